The minimum atomic E-state index is -4.46. The van der Waals surface area contributed by atoms with Gasteiger partial charge < -0.3 is 4.90 Å². The van der Waals surface area contributed by atoms with Gasteiger partial charge in [-0.3, -0.25) is 19.3 Å². The van der Waals surface area contributed by atoms with Gasteiger partial charge in [0.1, 0.15) is 11.4 Å². The number of benzene rings is 1. The topological polar surface area (TPSA) is 81.0 Å². The number of aryl methyl sites for hydroxylation is 1. The van der Waals surface area contributed by atoms with Crippen LogP contribution in [0.25, 0.3) is 0 Å². The Morgan fingerprint density at radius 3 is 2.65 bits per heavy atom. The molecule has 4 rings (SSSR count). The minimum Gasteiger partial charge on any atom is -0.305 e. The minimum absolute atomic E-state index is 0.0302. The van der Waals surface area contributed by atoms with Crippen LogP contribution in [0.1, 0.15) is 50.6 Å². The average Bonchev–Trinajstić information content (AvgIpc) is 3.15. The second kappa shape index (κ2) is 7.60. The zero-order valence-electron chi connectivity index (χ0n) is 16.7. The number of hydrogen-bond donors (Lipinski definition) is 0. The number of hydrogen-bond acceptors (Lipinski definition) is 5. The number of ketones is 1. The molecule has 2 aromatic heterocycles. The number of carbonyl (C=O) groups excluding carboxylic acids is 2. The summed E-state index contributed by atoms with van der Waals surface area (Å²) < 4.78 is 40.8. The van der Waals surface area contributed by atoms with Crippen molar-refractivity contribution in [3.63, 3.8) is 0 Å². The van der Waals surface area contributed by atoms with Crippen LogP contribution in [0.15, 0.2) is 43.0 Å². The number of rotatable bonds is 4. The van der Waals surface area contributed by atoms with Crippen molar-refractivity contribution in [2.45, 2.75) is 32.5 Å². The molecule has 0 spiro atoms. The Hall–Kier alpha value is -3.56. The fourth-order valence-corrected chi connectivity index (χ4v) is 3.71. The van der Waals surface area contributed by atoms with Crippen LogP contribution in [0, 0.1) is 6.92 Å². The molecule has 0 fully saturated rings. The van der Waals surface area contributed by atoms with Gasteiger partial charge >= 0.3 is 6.18 Å². The SMILES string of the molecule is Cc1cc(N2C[C@H](C)n3ncc(CC(=O)c4cnccn4)c3C2=O)ccc1C(F)(F)F. The van der Waals surface area contributed by atoms with Gasteiger partial charge in [-0.2, -0.15) is 18.3 Å². The van der Waals surface area contributed by atoms with E-state index in [2.05, 4.69) is 15.1 Å². The summed E-state index contributed by atoms with van der Waals surface area (Å²) in [6.07, 6.45) is 1.12. The number of aromatic nitrogens is 4. The molecule has 10 heteroatoms. The first-order valence-electron chi connectivity index (χ1n) is 9.52. The Morgan fingerprint density at radius 2 is 2.00 bits per heavy atom. The van der Waals surface area contributed by atoms with Crippen LogP contribution < -0.4 is 4.90 Å². The molecule has 3 heterocycles. The van der Waals surface area contributed by atoms with Crippen LogP contribution in [0.4, 0.5) is 18.9 Å². The Morgan fingerprint density at radius 1 is 1.23 bits per heavy atom. The molecule has 0 bridgehead atoms. The van der Waals surface area contributed by atoms with Gasteiger partial charge in [0, 0.05) is 36.6 Å². The summed E-state index contributed by atoms with van der Waals surface area (Å²) in [6.45, 7) is 3.45. The summed E-state index contributed by atoms with van der Waals surface area (Å²) in [4.78, 5) is 35.1. The van der Waals surface area contributed by atoms with Crippen LogP contribution in [0.5, 0.6) is 0 Å². The van der Waals surface area contributed by atoms with Gasteiger partial charge in [0.15, 0.2) is 5.78 Å². The number of carbonyl (C=O) groups is 2. The molecule has 1 aromatic carbocycles. The number of fused-ring (bicyclic) bond motifs is 1. The van der Waals surface area contributed by atoms with E-state index in [1.54, 1.807) is 4.68 Å². The Balaban J connectivity index is 1.66. The summed E-state index contributed by atoms with van der Waals surface area (Å²) in [6, 6.07) is 3.39. The number of halogens is 3. The number of alkyl halides is 3. The van der Waals surface area contributed by atoms with E-state index in [-0.39, 0.29) is 41.7 Å². The van der Waals surface area contributed by atoms with Crippen molar-refractivity contribution < 1.29 is 22.8 Å². The second-order valence-corrected chi connectivity index (χ2v) is 7.42. The normalized spacial score (nSPS) is 16.4. The summed E-state index contributed by atoms with van der Waals surface area (Å²) >= 11 is 0. The van der Waals surface area contributed by atoms with Crippen LogP contribution in [0.3, 0.4) is 0 Å². The highest BCUT2D eigenvalue weighted by atomic mass is 19.4. The zero-order valence-corrected chi connectivity index (χ0v) is 16.7. The van der Waals surface area contributed by atoms with Crippen molar-refractivity contribution in [2.24, 2.45) is 0 Å². The van der Waals surface area contributed by atoms with Gasteiger partial charge in [0.2, 0.25) is 0 Å². The van der Waals surface area contributed by atoms with Crippen molar-refractivity contribution in [1.82, 2.24) is 19.7 Å². The van der Waals surface area contributed by atoms with Crippen LogP contribution in [0.2, 0.25) is 0 Å². The maximum absolute atomic E-state index is 13.3. The molecule has 0 radical (unpaired) electrons. The van der Waals surface area contributed by atoms with E-state index in [4.69, 9.17) is 0 Å². The molecule has 0 unspecified atom stereocenters. The lowest BCUT2D eigenvalue weighted by Gasteiger charge is -2.32. The Bertz CT molecular complexity index is 1160. The van der Waals surface area contributed by atoms with E-state index in [0.29, 0.717) is 11.3 Å². The van der Waals surface area contributed by atoms with Gasteiger partial charge in [-0.25, -0.2) is 4.98 Å². The first-order valence-corrected chi connectivity index (χ1v) is 9.52. The standard InChI is InChI=1S/C21H18F3N5O2/c1-12-7-15(3-4-16(12)21(22,23)24)28-11-13(2)29-19(20(28)31)14(9-27-29)8-18(30)17-10-25-5-6-26-17/h3-7,9-10,13H,8,11H2,1-2H3/t13-/m0/s1. The molecule has 0 aliphatic carbocycles. The summed E-state index contributed by atoms with van der Waals surface area (Å²) in [5.41, 5.74) is 0.501. The first-order chi connectivity index (χ1) is 14.7. The predicted octanol–water partition coefficient (Wildman–Crippen LogP) is 3.65. The van der Waals surface area contributed by atoms with Crippen LogP contribution in [-0.4, -0.2) is 38.0 Å². The van der Waals surface area contributed by atoms with Crippen molar-refractivity contribution >= 4 is 17.4 Å². The third kappa shape index (κ3) is 3.80. The largest absolute Gasteiger partial charge is 0.416 e. The maximum atomic E-state index is 13.3. The molecular weight excluding hydrogens is 411 g/mol. The summed E-state index contributed by atoms with van der Waals surface area (Å²) in [5, 5.41) is 4.26. The molecule has 1 aliphatic heterocycles. The smallest absolute Gasteiger partial charge is 0.305 e. The number of anilines is 1. The monoisotopic (exact) mass is 429 g/mol. The fraction of sp³-hybridized carbons (Fsp3) is 0.286. The Labute approximate surface area is 175 Å². The van der Waals surface area contributed by atoms with Gasteiger partial charge in [-0.15, -0.1) is 0 Å². The molecule has 0 saturated heterocycles. The molecular formula is C21H18F3N5O2. The highest BCUT2D eigenvalue weighted by Gasteiger charge is 2.36. The van der Waals surface area contributed by atoms with E-state index in [1.165, 1.54) is 48.7 Å². The molecule has 31 heavy (non-hydrogen) atoms. The van der Waals surface area contributed by atoms with Crippen molar-refractivity contribution in [3.05, 3.63) is 71.1 Å². The molecule has 7 nitrogen and oxygen atoms in total. The van der Waals surface area contributed by atoms with Crippen molar-refractivity contribution in [1.29, 1.82) is 0 Å². The van der Waals surface area contributed by atoms with E-state index in [9.17, 15) is 22.8 Å². The Kier molecular flexibility index (Phi) is 5.08. The predicted molar refractivity (Wildman–Crippen MR) is 105 cm³/mol. The van der Waals surface area contributed by atoms with Crippen LogP contribution >= 0.6 is 0 Å². The fourth-order valence-electron chi connectivity index (χ4n) is 3.71. The van der Waals surface area contributed by atoms with E-state index in [0.717, 1.165) is 6.07 Å². The maximum Gasteiger partial charge on any atom is 0.416 e. The lowest BCUT2D eigenvalue weighted by atomic mass is 10.0. The van der Waals surface area contributed by atoms with E-state index in [1.807, 2.05) is 6.92 Å². The average molecular weight is 429 g/mol. The third-order valence-electron chi connectivity index (χ3n) is 5.21. The van der Waals surface area contributed by atoms with E-state index < -0.39 is 17.6 Å². The lowest BCUT2D eigenvalue weighted by molar-refractivity contribution is -0.138. The second-order valence-electron chi connectivity index (χ2n) is 7.42. The quantitative estimate of drug-likeness (QED) is 0.592. The van der Waals surface area contributed by atoms with Crippen LogP contribution in [-0.2, 0) is 12.6 Å². The molecule has 1 amide bonds. The van der Waals surface area contributed by atoms with Gasteiger partial charge in [-0.1, -0.05) is 0 Å². The third-order valence-corrected chi connectivity index (χ3v) is 5.21. The number of nitrogens with zero attached hydrogens (tertiary/aromatic N) is 5. The highest BCUT2D eigenvalue weighted by molar-refractivity contribution is 6.08. The first kappa shape index (κ1) is 20.7. The molecule has 1 atom stereocenters. The molecule has 3 aromatic rings. The lowest BCUT2D eigenvalue weighted by Crippen LogP contribution is -2.43. The number of amides is 1. The molecule has 1 aliphatic rings. The molecule has 160 valence electrons. The highest BCUT2D eigenvalue weighted by Crippen LogP contribution is 2.35. The summed E-state index contributed by atoms with van der Waals surface area (Å²) in [5.74, 6) is -0.733. The van der Waals surface area contributed by atoms with Crippen molar-refractivity contribution in [3.8, 4) is 0 Å². The van der Waals surface area contributed by atoms with Gasteiger partial charge in [0.25, 0.3) is 5.91 Å². The zero-order chi connectivity index (χ0) is 22.3. The van der Waals surface area contributed by atoms with Crippen molar-refractivity contribution in [2.75, 3.05) is 11.4 Å². The van der Waals surface area contributed by atoms with Gasteiger partial charge in [-0.05, 0) is 37.6 Å². The van der Waals surface area contributed by atoms with Gasteiger partial charge in [0.05, 0.1) is 24.0 Å². The summed E-state index contributed by atoms with van der Waals surface area (Å²) in [7, 11) is 0. The molecule has 0 saturated carbocycles. The van der Waals surface area contributed by atoms with E-state index >= 15 is 0 Å². The molecule has 0 N–H and O–H groups in total. The number of Topliss-reactive ketones (excluding diaryl/α,β-unsaturated/α-hetero) is 1.